The molecular formula is C15H9Cl2FO2. The lowest BCUT2D eigenvalue weighted by molar-refractivity contribution is 0.104. The van der Waals surface area contributed by atoms with E-state index in [1.54, 1.807) is 12.1 Å². The van der Waals surface area contributed by atoms with E-state index in [1.807, 2.05) is 0 Å². The second-order valence-electron chi connectivity index (χ2n) is 4.01. The summed E-state index contributed by atoms with van der Waals surface area (Å²) in [5.74, 6) is -1.13. The molecule has 0 aliphatic heterocycles. The Morgan fingerprint density at radius 2 is 1.95 bits per heavy atom. The second-order valence-corrected chi connectivity index (χ2v) is 4.80. The molecule has 2 rings (SSSR count). The van der Waals surface area contributed by atoms with Gasteiger partial charge in [-0.3, -0.25) is 4.79 Å². The fourth-order valence-corrected chi connectivity index (χ4v) is 2.19. The van der Waals surface area contributed by atoms with Gasteiger partial charge < -0.3 is 5.11 Å². The summed E-state index contributed by atoms with van der Waals surface area (Å²) in [6.07, 6.45) is 2.71. The van der Waals surface area contributed by atoms with Crippen molar-refractivity contribution in [1.29, 1.82) is 0 Å². The van der Waals surface area contributed by atoms with E-state index in [0.717, 1.165) is 6.07 Å². The van der Waals surface area contributed by atoms with Gasteiger partial charge in [-0.05, 0) is 35.9 Å². The topological polar surface area (TPSA) is 37.3 Å². The number of phenols is 1. The average molecular weight is 311 g/mol. The van der Waals surface area contributed by atoms with Crippen molar-refractivity contribution in [3.63, 3.8) is 0 Å². The van der Waals surface area contributed by atoms with Crippen molar-refractivity contribution in [2.24, 2.45) is 0 Å². The van der Waals surface area contributed by atoms with Gasteiger partial charge >= 0.3 is 0 Å². The summed E-state index contributed by atoms with van der Waals surface area (Å²) in [6.45, 7) is 0. The molecule has 0 fully saturated rings. The van der Waals surface area contributed by atoms with Gasteiger partial charge in [0.25, 0.3) is 0 Å². The highest BCUT2D eigenvalue weighted by atomic mass is 35.5. The number of phenolic OH excluding ortho intramolecular Hbond substituents is 1. The van der Waals surface area contributed by atoms with Gasteiger partial charge in [0.05, 0.1) is 15.6 Å². The standard InChI is InChI=1S/C15H9Cl2FO2/c16-11-5-6-12(18)15(17)14(11)13(20)7-4-9-2-1-3-10(19)8-9/h1-8,19H/b7-4+. The molecule has 2 nitrogen and oxygen atoms in total. The third-order valence-electron chi connectivity index (χ3n) is 2.59. The van der Waals surface area contributed by atoms with Gasteiger partial charge in [-0.25, -0.2) is 4.39 Å². The van der Waals surface area contributed by atoms with Crippen LogP contribution >= 0.6 is 23.2 Å². The third kappa shape index (κ3) is 3.18. The quantitative estimate of drug-likeness (QED) is 0.505. The zero-order chi connectivity index (χ0) is 14.7. The third-order valence-corrected chi connectivity index (χ3v) is 3.27. The molecule has 0 aliphatic rings. The molecule has 0 aliphatic carbocycles. The molecule has 102 valence electrons. The number of hydrogen-bond donors (Lipinski definition) is 1. The number of hydrogen-bond acceptors (Lipinski definition) is 2. The zero-order valence-corrected chi connectivity index (χ0v) is 11.6. The van der Waals surface area contributed by atoms with E-state index < -0.39 is 11.6 Å². The van der Waals surface area contributed by atoms with Crippen molar-refractivity contribution >= 4 is 35.1 Å². The number of carbonyl (C=O) groups is 1. The first-order valence-corrected chi connectivity index (χ1v) is 6.39. The summed E-state index contributed by atoms with van der Waals surface area (Å²) in [5, 5.41) is 9.09. The summed E-state index contributed by atoms with van der Waals surface area (Å²) < 4.78 is 13.3. The van der Waals surface area contributed by atoms with E-state index in [4.69, 9.17) is 23.2 Å². The van der Waals surface area contributed by atoms with E-state index in [1.165, 1.54) is 30.4 Å². The Hall–Kier alpha value is -1.84. The Morgan fingerprint density at radius 3 is 2.65 bits per heavy atom. The SMILES string of the molecule is O=C(/C=C/c1cccc(O)c1)c1c(Cl)ccc(F)c1Cl. The van der Waals surface area contributed by atoms with Crippen LogP contribution in [0.15, 0.2) is 42.5 Å². The fraction of sp³-hybridized carbons (Fsp3) is 0. The molecule has 1 N–H and O–H groups in total. The minimum atomic E-state index is -0.704. The van der Waals surface area contributed by atoms with Crippen LogP contribution in [-0.4, -0.2) is 10.9 Å². The number of halogens is 3. The minimum Gasteiger partial charge on any atom is -0.508 e. The van der Waals surface area contributed by atoms with Crippen LogP contribution in [0.4, 0.5) is 4.39 Å². The summed E-state index contributed by atoms with van der Waals surface area (Å²) in [6, 6.07) is 8.72. The fourth-order valence-electron chi connectivity index (χ4n) is 1.64. The molecule has 0 saturated carbocycles. The van der Waals surface area contributed by atoms with Crippen molar-refractivity contribution in [1.82, 2.24) is 0 Å². The highest BCUT2D eigenvalue weighted by molar-refractivity contribution is 6.40. The predicted octanol–water partition coefficient (Wildman–Crippen LogP) is 4.73. The van der Waals surface area contributed by atoms with Crippen LogP contribution in [-0.2, 0) is 0 Å². The predicted molar refractivity (Wildman–Crippen MR) is 77.9 cm³/mol. The van der Waals surface area contributed by atoms with Crippen LogP contribution < -0.4 is 0 Å². The lowest BCUT2D eigenvalue weighted by Gasteiger charge is -2.04. The number of allylic oxidation sites excluding steroid dienone is 1. The maximum absolute atomic E-state index is 13.3. The second kappa shape index (κ2) is 6.07. The first-order valence-electron chi connectivity index (χ1n) is 5.64. The van der Waals surface area contributed by atoms with Crippen LogP contribution in [0, 0.1) is 5.82 Å². The molecule has 0 saturated heterocycles. The number of ketones is 1. The first kappa shape index (κ1) is 14.6. The Bertz CT molecular complexity index is 696. The molecule has 0 heterocycles. The molecule has 0 spiro atoms. The maximum atomic E-state index is 13.3. The monoisotopic (exact) mass is 310 g/mol. The Kier molecular flexibility index (Phi) is 4.42. The summed E-state index contributed by atoms with van der Waals surface area (Å²) in [4.78, 5) is 12.0. The molecule has 2 aromatic rings. The maximum Gasteiger partial charge on any atom is 0.188 e. The normalized spacial score (nSPS) is 10.9. The highest BCUT2D eigenvalue weighted by Crippen LogP contribution is 2.28. The number of aromatic hydroxyl groups is 1. The van der Waals surface area contributed by atoms with Gasteiger partial charge in [-0.15, -0.1) is 0 Å². The Labute approximate surface area is 125 Å². The summed E-state index contributed by atoms with van der Waals surface area (Å²) in [5.41, 5.74) is 0.548. The Morgan fingerprint density at radius 1 is 1.20 bits per heavy atom. The number of rotatable bonds is 3. The molecule has 5 heteroatoms. The van der Waals surface area contributed by atoms with Crippen molar-refractivity contribution < 1.29 is 14.3 Å². The molecule has 0 unspecified atom stereocenters. The Balaban J connectivity index is 2.31. The minimum absolute atomic E-state index is 0.0789. The van der Waals surface area contributed by atoms with E-state index in [9.17, 15) is 14.3 Å². The number of benzene rings is 2. The molecular weight excluding hydrogens is 302 g/mol. The molecule has 0 atom stereocenters. The average Bonchev–Trinajstić information content (AvgIpc) is 2.41. The zero-order valence-electron chi connectivity index (χ0n) is 10.1. The molecule has 20 heavy (non-hydrogen) atoms. The van der Waals surface area contributed by atoms with Gasteiger partial charge in [0.1, 0.15) is 11.6 Å². The molecule has 0 aromatic heterocycles. The number of carbonyl (C=O) groups excluding carboxylic acids is 1. The molecule has 2 aromatic carbocycles. The molecule has 0 amide bonds. The van der Waals surface area contributed by atoms with E-state index in [-0.39, 0.29) is 21.4 Å². The first-order chi connectivity index (χ1) is 9.49. The lowest BCUT2D eigenvalue weighted by Crippen LogP contribution is -1.98. The van der Waals surface area contributed by atoms with Crippen LogP contribution in [0.3, 0.4) is 0 Å². The van der Waals surface area contributed by atoms with Crippen molar-refractivity contribution in [3.05, 3.63) is 69.5 Å². The van der Waals surface area contributed by atoms with Crippen LogP contribution in [0.1, 0.15) is 15.9 Å². The van der Waals surface area contributed by atoms with E-state index in [0.29, 0.717) is 5.56 Å². The molecule has 0 radical (unpaired) electrons. The van der Waals surface area contributed by atoms with Crippen LogP contribution in [0.25, 0.3) is 6.08 Å². The van der Waals surface area contributed by atoms with Crippen LogP contribution in [0.2, 0.25) is 10.0 Å². The van der Waals surface area contributed by atoms with Gasteiger partial charge in [0.15, 0.2) is 5.78 Å². The summed E-state index contributed by atoms with van der Waals surface area (Å²) in [7, 11) is 0. The van der Waals surface area contributed by atoms with E-state index >= 15 is 0 Å². The highest BCUT2D eigenvalue weighted by Gasteiger charge is 2.15. The van der Waals surface area contributed by atoms with Crippen LogP contribution in [0.5, 0.6) is 5.75 Å². The van der Waals surface area contributed by atoms with Crippen molar-refractivity contribution in [2.45, 2.75) is 0 Å². The van der Waals surface area contributed by atoms with Crippen molar-refractivity contribution in [3.8, 4) is 5.75 Å². The smallest absolute Gasteiger partial charge is 0.188 e. The van der Waals surface area contributed by atoms with E-state index in [2.05, 4.69) is 0 Å². The lowest BCUT2D eigenvalue weighted by atomic mass is 10.1. The molecule has 0 bridgehead atoms. The van der Waals surface area contributed by atoms with Gasteiger partial charge in [-0.2, -0.15) is 0 Å². The van der Waals surface area contributed by atoms with Gasteiger partial charge in [0, 0.05) is 0 Å². The van der Waals surface area contributed by atoms with Crippen molar-refractivity contribution in [2.75, 3.05) is 0 Å². The largest absolute Gasteiger partial charge is 0.508 e. The van der Waals surface area contributed by atoms with Gasteiger partial charge in [0.2, 0.25) is 0 Å². The summed E-state index contributed by atoms with van der Waals surface area (Å²) >= 11 is 11.6. The van der Waals surface area contributed by atoms with Gasteiger partial charge in [-0.1, -0.05) is 41.4 Å².